The molecule has 0 radical (unpaired) electrons. The summed E-state index contributed by atoms with van der Waals surface area (Å²) >= 11 is 0. The molecule has 0 bridgehead atoms. The molecule has 0 aromatic heterocycles. The van der Waals surface area contributed by atoms with Crippen LogP contribution in [0.1, 0.15) is 45.4 Å². The van der Waals surface area contributed by atoms with Crippen molar-refractivity contribution in [1.82, 2.24) is 0 Å². The molecular formula is C11H16O2. The van der Waals surface area contributed by atoms with Gasteiger partial charge in [0.25, 0.3) is 0 Å². The summed E-state index contributed by atoms with van der Waals surface area (Å²) in [5.41, 5.74) is 0.420. The van der Waals surface area contributed by atoms with Crippen molar-refractivity contribution >= 4 is 11.6 Å². The summed E-state index contributed by atoms with van der Waals surface area (Å²) in [6.45, 7) is 1.85. The molecule has 0 aliphatic heterocycles. The number of hydrogen-bond acceptors (Lipinski definition) is 2. The minimum Gasteiger partial charge on any atom is -0.299 e. The van der Waals surface area contributed by atoms with E-state index in [0.29, 0.717) is 18.3 Å². The third kappa shape index (κ3) is 1.54. The van der Waals surface area contributed by atoms with Gasteiger partial charge in [0, 0.05) is 12.8 Å². The molecule has 0 heterocycles. The van der Waals surface area contributed by atoms with E-state index in [1.54, 1.807) is 0 Å². The summed E-state index contributed by atoms with van der Waals surface area (Å²) in [5, 5.41) is 0. The van der Waals surface area contributed by atoms with Gasteiger partial charge in [0.2, 0.25) is 0 Å². The lowest BCUT2D eigenvalue weighted by molar-refractivity contribution is -0.135. The third-order valence-corrected chi connectivity index (χ3v) is 3.62. The van der Waals surface area contributed by atoms with E-state index in [9.17, 15) is 9.59 Å². The van der Waals surface area contributed by atoms with Crippen LogP contribution in [0, 0.1) is 11.3 Å². The Morgan fingerprint density at radius 1 is 1.46 bits per heavy atom. The zero-order valence-electron chi connectivity index (χ0n) is 8.14. The van der Waals surface area contributed by atoms with Crippen LogP contribution >= 0.6 is 0 Å². The standard InChI is InChI=1S/C11H16O2/c1-2-9(12)8-7-11(5-6-11)4-3-10(8)13/h8H,2-7H2,1H3. The molecular weight excluding hydrogens is 164 g/mol. The molecule has 2 heteroatoms. The van der Waals surface area contributed by atoms with Gasteiger partial charge in [-0.25, -0.2) is 0 Å². The maximum absolute atomic E-state index is 11.5. The fourth-order valence-electron chi connectivity index (χ4n) is 2.38. The molecule has 1 spiro atoms. The van der Waals surface area contributed by atoms with Crippen LogP contribution in [0.2, 0.25) is 0 Å². The number of carbonyl (C=O) groups is 2. The van der Waals surface area contributed by atoms with Gasteiger partial charge in [0.15, 0.2) is 0 Å². The molecule has 2 fully saturated rings. The molecule has 1 atom stereocenters. The van der Waals surface area contributed by atoms with Crippen molar-refractivity contribution in [3.05, 3.63) is 0 Å². The Hall–Kier alpha value is -0.660. The van der Waals surface area contributed by atoms with E-state index < -0.39 is 0 Å². The number of hydrogen-bond donors (Lipinski definition) is 0. The van der Waals surface area contributed by atoms with Crippen LogP contribution in [0.25, 0.3) is 0 Å². The molecule has 1 unspecified atom stereocenters. The summed E-state index contributed by atoms with van der Waals surface area (Å²) in [5.74, 6) is 0.126. The molecule has 0 N–H and O–H groups in total. The Labute approximate surface area is 78.7 Å². The van der Waals surface area contributed by atoms with Crippen LogP contribution in [-0.2, 0) is 9.59 Å². The molecule has 0 aromatic rings. The van der Waals surface area contributed by atoms with Gasteiger partial charge in [-0.05, 0) is 31.1 Å². The highest BCUT2D eigenvalue weighted by Crippen LogP contribution is 2.56. The van der Waals surface area contributed by atoms with Gasteiger partial charge in [-0.2, -0.15) is 0 Å². The molecule has 0 amide bonds. The van der Waals surface area contributed by atoms with E-state index in [2.05, 4.69) is 0 Å². The lowest BCUT2D eigenvalue weighted by Crippen LogP contribution is -2.31. The maximum atomic E-state index is 11.5. The molecule has 0 saturated heterocycles. The van der Waals surface area contributed by atoms with Gasteiger partial charge in [-0.1, -0.05) is 6.92 Å². The van der Waals surface area contributed by atoms with Crippen molar-refractivity contribution in [3.8, 4) is 0 Å². The van der Waals surface area contributed by atoms with E-state index in [-0.39, 0.29) is 17.5 Å². The molecule has 2 aliphatic rings. The Balaban J connectivity index is 2.07. The van der Waals surface area contributed by atoms with E-state index in [1.807, 2.05) is 6.92 Å². The number of Topliss-reactive ketones (excluding diaryl/α,β-unsaturated/α-hetero) is 2. The van der Waals surface area contributed by atoms with Crippen LogP contribution in [0.3, 0.4) is 0 Å². The molecule has 72 valence electrons. The van der Waals surface area contributed by atoms with Gasteiger partial charge >= 0.3 is 0 Å². The minimum absolute atomic E-state index is 0.163. The number of rotatable bonds is 2. The minimum atomic E-state index is -0.235. The van der Waals surface area contributed by atoms with Crippen LogP contribution in [0.5, 0.6) is 0 Å². The Morgan fingerprint density at radius 3 is 2.69 bits per heavy atom. The zero-order chi connectivity index (χ0) is 9.47. The van der Waals surface area contributed by atoms with Crippen molar-refractivity contribution in [2.24, 2.45) is 11.3 Å². The molecule has 2 saturated carbocycles. The van der Waals surface area contributed by atoms with E-state index in [1.165, 1.54) is 12.8 Å². The third-order valence-electron chi connectivity index (χ3n) is 3.62. The van der Waals surface area contributed by atoms with Crippen LogP contribution in [0.4, 0.5) is 0 Å². The fraction of sp³-hybridized carbons (Fsp3) is 0.818. The quantitative estimate of drug-likeness (QED) is 0.610. The van der Waals surface area contributed by atoms with Gasteiger partial charge in [-0.15, -0.1) is 0 Å². The van der Waals surface area contributed by atoms with E-state index >= 15 is 0 Å². The lowest BCUT2D eigenvalue weighted by Gasteiger charge is -2.26. The normalized spacial score (nSPS) is 30.5. The number of ketones is 2. The summed E-state index contributed by atoms with van der Waals surface area (Å²) in [7, 11) is 0. The smallest absolute Gasteiger partial charge is 0.143 e. The highest BCUT2D eigenvalue weighted by molar-refractivity contribution is 6.02. The van der Waals surface area contributed by atoms with Crippen LogP contribution < -0.4 is 0 Å². The summed E-state index contributed by atoms with van der Waals surface area (Å²) < 4.78 is 0. The monoisotopic (exact) mass is 180 g/mol. The SMILES string of the molecule is CCC(=O)C1CC2(CCC1=O)CC2. The second-order valence-electron chi connectivity index (χ2n) is 4.54. The largest absolute Gasteiger partial charge is 0.299 e. The predicted molar refractivity (Wildman–Crippen MR) is 49.3 cm³/mol. The van der Waals surface area contributed by atoms with Crippen LogP contribution in [0.15, 0.2) is 0 Å². The van der Waals surface area contributed by atoms with E-state index in [4.69, 9.17) is 0 Å². The summed E-state index contributed by atoms with van der Waals surface area (Å²) in [6, 6.07) is 0. The van der Waals surface area contributed by atoms with Gasteiger partial charge in [0.05, 0.1) is 5.92 Å². The molecule has 2 aliphatic carbocycles. The predicted octanol–water partition coefficient (Wildman–Crippen LogP) is 2.11. The first-order valence-electron chi connectivity index (χ1n) is 5.22. The van der Waals surface area contributed by atoms with Crippen molar-refractivity contribution in [3.63, 3.8) is 0 Å². The zero-order valence-corrected chi connectivity index (χ0v) is 8.14. The molecule has 13 heavy (non-hydrogen) atoms. The molecule has 2 rings (SSSR count). The van der Waals surface area contributed by atoms with Crippen molar-refractivity contribution in [1.29, 1.82) is 0 Å². The fourth-order valence-corrected chi connectivity index (χ4v) is 2.38. The average Bonchev–Trinajstić information content (AvgIpc) is 2.89. The topological polar surface area (TPSA) is 34.1 Å². The summed E-state index contributed by atoms with van der Waals surface area (Å²) in [4.78, 5) is 23.0. The Kier molecular flexibility index (Phi) is 2.01. The Morgan fingerprint density at radius 2 is 2.15 bits per heavy atom. The highest BCUT2D eigenvalue weighted by atomic mass is 16.1. The van der Waals surface area contributed by atoms with Crippen molar-refractivity contribution < 1.29 is 9.59 Å². The second kappa shape index (κ2) is 2.93. The first-order chi connectivity index (χ1) is 6.17. The first kappa shape index (κ1) is 8.92. The van der Waals surface area contributed by atoms with Crippen molar-refractivity contribution in [2.45, 2.75) is 45.4 Å². The van der Waals surface area contributed by atoms with Crippen molar-refractivity contribution in [2.75, 3.05) is 0 Å². The average molecular weight is 180 g/mol. The first-order valence-corrected chi connectivity index (χ1v) is 5.22. The van der Waals surface area contributed by atoms with E-state index in [0.717, 1.165) is 12.8 Å². The maximum Gasteiger partial charge on any atom is 0.143 e. The highest BCUT2D eigenvalue weighted by Gasteiger charge is 2.49. The Bertz CT molecular complexity index is 243. The summed E-state index contributed by atoms with van der Waals surface area (Å²) in [6.07, 6.45) is 5.56. The van der Waals surface area contributed by atoms with Gasteiger partial charge in [-0.3, -0.25) is 9.59 Å². The molecule has 0 aromatic carbocycles. The van der Waals surface area contributed by atoms with Gasteiger partial charge < -0.3 is 0 Å². The number of carbonyl (C=O) groups excluding carboxylic acids is 2. The molecule has 2 nitrogen and oxygen atoms in total. The van der Waals surface area contributed by atoms with Gasteiger partial charge in [0.1, 0.15) is 11.6 Å². The second-order valence-corrected chi connectivity index (χ2v) is 4.54. The lowest BCUT2D eigenvalue weighted by atomic mass is 9.76. The van der Waals surface area contributed by atoms with Crippen LogP contribution in [-0.4, -0.2) is 11.6 Å².